The Morgan fingerprint density at radius 3 is 2.46 bits per heavy atom. The molecule has 0 aliphatic heterocycles. The summed E-state index contributed by atoms with van der Waals surface area (Å²) in [6.45, 7) is 7.02. The summed E-state index contributed by atoms with van der Waals surface area (Å²) in [5, 5.41) is 6.45. The standard InChI is InChI=1S/C19H25N3O3.HI/c1-12-6-7-15(13(2)8-12)10-21-19(20-4)22-11-16-9-17(14(3)25-16)18(23)24-5;/h6-9H,10-11H2,1-5H3,(H2,20,21,22);1H. The number of halogens is 1. The van der Waals surface area contributed by atoms with Gasteiger partial charge < -0.3 is 19.8 Å². The molecule has 6 nitrogen and oxygen atoms in total. The van der Waals surface area contributed by atoms with Crippen molar-refractivity contribution in [3.8, 4) is 0 Å². The lowest BCUT2D eigenvalue weighted by atomic mass is 10.1. The minimum absolute atomic E-state index is 0. The zero-order valence-electron chi connectivity index (χ0n) is 15.8. The van der Waals surface area contributed by atoms with Crippen LogP contribution in [0.25, 0.3) is 0 Å². The van der Waals surface area contributed by atoms with E-state index in [0.717, 1.165) is 0 Å². The number of nitrogens with one attached hydrogen (secondary N) is 2. The molecule has 142 valence electrons. The molecule has 0 amide bonds. The van der Waals surface area contributed by atoms with Crippen LogP contribution in [0.15, 0.2) is 33.7 Å². The molecule has 1 aromatic carbocycles. The number of esters is 1. The van der Waals surface area contributed by atoms with Gasteiger partial charge in [0.15, 0.2) is 5.96 Å². The predicted octanol–water partition coefficient (Wildman–Crippen LogP) is 3.47. The molecule has 0 atom stereocenters. The highest BCUT2D eigenvalue weighted by atomic mass is 127. The maximum absolute atomic E-state index is 11.6. The summed E-state index contributed by atoms with van der Waals surface area (Å²) in [6.07, 6.45) is 0. The molecule has 2 N–H and O–H groups in total. The van der Waals surface area contributed by atoms with Crippen LogP contribution in [-0.2, 0) is 17.8 Å². The first-order valence-electron chi connectivity index (χ1n) is 8.13. The van der Waals surface area contributed by atoms with Gasteiger partial charge in [-0.05, 0) is 38.0 Å². The van der Waals surface area contributed by atoms with Crippen molar-refractivity contribution in [2.24, 2.45) is 4.99 Å². The average molecular weight is 471 g/mol. The van der Waals surface area contributed by atoms with Crippen LogP contribution in [-0.4, -0.2) is 26.1 Å². The lowest BCUT2D eigenvalue weighted by Crippen LogP contribution is -2.36. The number of methoxy groups -OCH3 is 1. The summed E-state index contributed by atoms with van der Waals surface area (Å²) in [6, 6.07) is 8.06. The highest BCUT2D eigenvalue weighted by Crippen LogP contribution is 2.15. The molecule has 0 unspecified atom stereocenters. The summed E-state index contributed by atoms with van der Waals surface area (Å²) >= 11 is 0. The molecule has 0 saturated carbocycles. The fourth-order valence-electron chi connectivity index (χ4n) is 2.56. The monoisotopic (exact) mass is 471 g/mol. The first-order chi connectivity index (χ1) is 11.9. The second-order valence-electron chi connectivity index (χ2n) is 5.88. The van der Waals surface area contributed by atoms with E-state index in [0.29, 0.717) is 36.1 Å². The SMILES string of the molecule is CN=C(NCc1cc(C(=O)OC)c(C)o1)NCc1ccc(C)cc1C.I. The lowest BCUT2D eigenvalue weighted by molar-refractivity contribution is 0.0599. The number of ether oxygens (including phenoxy) is 1. The number of carbonyl (C=O) groups excluding carboxylic acids is 1. The molecular formula is C19H26IN3O3. The molecule has 1 heterocycles. The van der Waals surface area contributed by atoms with Gasteiger partial charge in [0, 0.05) is 13.6 Å². The second kappa shape index (κ2) is 10.2. The van der Waals surface area contributed by atoms with E-state index in [-0.39, 0.29) is 24.0 Å². The molecule has 0 saturated heterocycles. The topological polar surface area (TPSA) is 75.9 Å². The van der Waals surface area contributed by atoms with Crippen molar-refractivity contribution in [3.63, 3.8) is 0 Å². The van der Waals surface area contributed by atoms with Gasteiger partial charge in [0.2, 0.25) is 0 Å². The van der Waals surface area contributed by atoms with Gasteiger partial charge in [0.25, 0.3) is 0 Å². The summed E-state index contributed by atoms with van der Waals surface area (Å²) < 4.78 is 10.3. The number of hydrogen-bond donors (Lipinski definition) is 2. The third kappa shape index (κ3) is 5.76. The fourth-order valence-corrected chi connectivity index (χ4v) is 2.56. The third-order valence-electron chi connectivity index (χ3n) is 3.97. The molecule has 1 aromatic heterocycles. The van der Waals surface area contributed by atoms with E-state index < -0.39 is 5.97 Å². The molecule has 2 aromatic rings. The maximum atomic E-state index is 11.6. The first-order valence-corrected chi connectivity index (χ1v) is 8.13. The molecular weight excluding hydrogens is 445 g/mol. The maximum Gasteiger partial charge on any atom is 0.341 e. The summed E-state index contributed by atoms with van der Waals surface area (Å²) in [5.41, 5.74) is 4.15. The van der Waals surface area contributed by atoms with Crippen molar-refractivity contribution in [2.75, 3.05) is 14.2 Å². The zero-order chi connectivity index (χ0) is 18.4. The summed E-state index contributed by atoms with van der Waals surface area (Å²) in [4.78, 5) is 15.8. The van der Waals surface area contributed by atoms with Crippen molar-refractivity contribution in [1.29, 1.82) is 0 Å². The largest absolute Gasteiger partial charge is 0.465 e. The Morgan fingerprint density at radius 2 is 1.85 bits per heavy atom. The lowest BCUT2D eigenvalue weighted by Gasteiger charge is -2.12. The van der Waals surface area contributed by atoms with E-state index in [9.17, 15) is 4.79 Å². The van der Waals surface area contributed by atoms with Crippen molar-refractivity contribution < 1.29 is 13.9 Å². The molecule has 0 fully saturated rings. The van der Waals surface area contributed by atoms with Gasteiger partial charge in [-0.15, -0.1) is 24.0 Å². The van der Waals surface area contributed by atoms with Crippen molar-refractivity contribution in [1.82, 2.24) is 10.6 Å². The number of carbonyl (C=O) groups is 1. The molecule has 7 heteroatoms. The van der Waals surface area contributed by atoms with Gasteiger partial charge in [-0.25, -0.2) is 4.79 Å². The Kier molecular flexibility index (Phi) is 8.64. The van der Waals surface area contributed by atoms with E-state index in [4.69, 9.17) is 9.15 Å². The number of aliphatic imine (C=N–C) groups is 1. The highest BCUT2D eigenvalue weighted by Gasteiger charge is 2.15. The Morgan fingerprint density at radius 1 is 1.15 bits per heavy atom. The normalized spacial score (nSPS) is 10.9. The molecule has 0 spiro atoms. The van der Waals surface area contributed by atoms with Crippen LogP contribution in [0, 0.1) is 20.8 Å². The zero-order valence-corrected chi connectivity index (χ0v) is 18.1. The van der Waals surface area contributed by atoms with E-state index >= 15 is 0 Å². The third-order valence-corrected chi connectivity index (χ3v) is 3.97. The minimum atomic E-state index is -0.398. The van der Waals surface area contributed by atoms with Crippen LogP contribution in [0.3, 0.4) is 0 Å². The molecule has 26 heavy (non-hydrogen) atoms. The quantitative estimate of drug-likeness (QED) is 0.302. The second-order valence-corrected chi connectivity index (χ2v) is 5.88. The number of aryl methyl sites for hydroxylation is 3. The van der Waals surface area contributed by atoms with Gasteiger partial charge in [0.05, 0.1) is 13.7 Å². The average Bonchev–Trinajstić information content (AvgIpc) is 2.96. The summed E-state index contributed by atoms with van der Waals surface area (Å²) in [5.74, 6) is 1.45. The van der Waals surface area contributed by atoms with Crippen LogP contribution >= 0.6 is 24.0 Å². The molecule has 0 bridgehead atoms. The fraction of sp³-hybridized carbons (Fsp3) is 0.368. The van der Waals surface area contributed by atoms with Crippen molar-refractivity contribution in [2.45, 2.75) is 33.9 Å². The Labute approximate surface area is 171 Å². The van der Waals surface area contributed by atoms with Gasteiger partial charge in [-0.2, -0.15) is 0 Å². The van der Waals surface area contributed by atoms with Gasteiger partial charge >= 0.3 is 5.97 Å². The Balaban J connectivity index is 0.00000338. The summed E-state index contributed by atoms with van der Waals surface area (Å²) in [7, 11) is 3.07. The Bertz CT molecular complexity index is 784. The number of rotatable bonds is 5. The van der Waals surface area contributed by atoms with Crippen molar-refractivity contribution in [3.05, 3.63) is 58.0 Å². The smallest absolute Gasteiger partial charge is 0.341 e. The molecule has 0 aliphatic carbocycles. The number of benzene rings is 1. The number of guanidine groups is 1. The number of hydrogen-bond acceptors (Lipinski definition) is 4. The number of nitrogens with zero attached hydrogens (tertiary/aromatic N) is 1. The van der Waals surface area contributed by atoms with Crippen LogP contribution in [0.1, 0.15) is 38.6 Å². The van der Waals surface area contributed by atoms with E-state index in [1.165, 1.54) is 23.8 Å². The predicted molar refractivity (Wildman–Crippen MR) is 113 cm³/mol. The molecule has 2 rings (SSSR count). The van der Waals surface area contributed by atoms with E-state index in [1.807, 2.05) is 0 Å². The van der Waals surface area contributed by atoms with E-state index in [1.54, 1.807) is 20.0 Å². The van der Waals surface area contributed by atoms with E-state index in [2.05, 4.69) is 47.7 Å². The molecule has 0 radical (unpaired) electrons. The first kappa shape index (κ1) is 22.0. The number of furan rings is 1. The molecule has 0 aliphatic rings. The van der Waals surface area contributed by atoms with Crippen LogP contribution in [0.2, 0.25) is 0 Å². The van der Waals surface area contributed by atoms with Gasteiger partial charge in [-0.1, -0.05) is 23.8 Å². The highest BCUT2D eigenvalue weighted by molar-refractivity contribution is 14.0. The van der Waals surface area contributed by atoms with Gasteiger partial charge in [0.1, 0.15) is 17.1 Å². The van der Waals surface area contributed by atoms with Crippen LogP contribution in [0.5, 0.6) is 0 Å². The van der Waals surface area contributed by atoms with Crippen molar-refractivity contribution >= 4 is 35.9 Å². The van der Waals surface area contributed by atoms with Crippen LogP contribution < -0.4 is 10.6 Å². The Hall–Kier alpha value is -2.03. The minimum Gasteiger partial charge on any atom is -0.465 e. The van der Waals surface area contributed by atoms with Gasteiger partial charge in [-0.3, -0.25) is 4.99 Å². The van der Waals surface area contributed by atoms with Crippen LogP contribution in [0.4, 0.5) is 0 Å².